The second-order valence-electron chi connectivity index (χ2n) is 6.88. The van der Waals surface area contributed by atoms with Crippen LogP contribution in [0.2, 0.25) is 0 Å². The summed E-state index contributed by atoms with van der Waals surface area (Å²) < 4.78 is 0. The van der Waals surface area contributed by atoms with Crippen LogP contribution >= 0.6 is 0 Å². The molecule has 0 bridgehead atoms. The predicted octanol–water partition coefficient (Wildman–Crippen LogP) is 5.11. The third kappa shape index (κ3) is 2.44. The third-order valence-electron chi connectivity index (χ3n) is 5.31. The molecule has 0 fully saturated rings. The molecular weight excluding hydrogens is 280 g/mol. The number of aliphatic hydroxyl groups is 1. The molecule has 1 aliphatic carbocycles. The van der Waals surface area contributed by atoms with Crippen LogP contribution in [0.3, 0.4) is 0 Å². The third-order valence-corrected chi connectivity index (χ3v) is 5.31. The summed E-state index contributed by atoms with van der Waals surface area (Å²) in [5.74, 6) is 0. The molecular formula is C22H24O. The van der Waals surface area contributed by atoms with Crippen LogP contribution < -0.4 is 0 Å². The largest absolute Gasteiger partial charge is 0.396 e. The molecule has 0 aliphatic heterocycles. The molecule has 1 N–H and O–H groups in total. The minimum absolute atomic E-state index is 0.297. The molecule has 4 rings (SSSR count). The summed E-state index contributed by atoms with van der Waals surface area (Å²) >= 11 is 0. The lowest BCUT2D eigenvalue weighted by molar-refractivity contribution is 0.284. The van der Waals surface area contributed by atoms with E-state index < -0.39 is 0 Å². The highest BCUT2D eigenvalue weighted by Gasteiger charge is 2.19. The Morgan fingerprint density at radius 1 is 0.957 bits per heavy atom. The van der Waals surface area contributed by atoms with Crippen molar-refractivity contribution in [2.45, 2.75) is 45.4 Å². The molecule has 0 radical (unpaired) electrons. The molecule has 0 spiro atoms. The number of aryl methyl sites for hydroxylation is 4. The fraction of sp³-hybridized carbons (Fsp3) is 0.364. The maximum absolute atomic E-state index is 9.16. The second-order valence-corrected chi connectivity index (χ2v) is 6.88. The zero-order valence-corrected chi connectivity index (χ0v) is 13.9. The number of hydrogen-bond acceptors (Lipinski definition) is 1. The first-order chi connectivity index (χ1) is 11.3. The van der Waals surface area contributed by atoms with Gasteiger partial charge in [0.2, 0.25) is 0 Å². The summed E-state index contributed by atoms with van der Waals surface area (Å²) in [6.07, 6.45) is 6.72. The summed E-state index contributed by atoms with van der Waals surface area (Å²) in [6, 6.07) is 13.7. The number of aliphatic hydroxyl groups excluding tert-OH is 1. The van der Waals surface area contributed by atoms with Crippen LogP contribution in [0.4, 0.5) is 0 Å². The fourth-order valence-electron chi connectivity index (χ4n) is 4.28. The van der Waals surface area contributed by atoms with E-state index in [2.05, 4.69) is 43.3 Å². The van der Waals surface area contributed by atoms with Gasteiger partial charge in [-0.25, -0.2) is 0 Å². The van der Waals surface area contributed by atoms with E-state index in [9.17, 15) is 0 Å². The number of hydrogen-bond donors (Lipinski definition) is 1. The Morgan fingerprint density at radius 3 is 2.74 bits per heavy atom. The first kappa shape index (κ1) is 14.7. The van der Waals surface area contributed by atoms with Gasteiger partial charge in [-0.15, -0.1) is 0 Å². The van der Waals surface area contributed by atoms with E-state index >= 15 is 0 Å². The van der Waals surface area contributed by atoms with Gasteiger partial charge in [0.15, 0.2) is 0 Å². The number of rotatable bonds is 4. The lowest BCUT2D eigenvalue weighted by Crippen LogP contribution is -2.07. The second kappa shape index (κ2) is 5.98. The topological polar surface area (TPSA) is 20.2 Å². The Morgan fingerprint density at radius 2 is 1.87 bits per heavy atom. The van der Waals surface area contributed by atoms with Crippen molar-refractivity contribution < 1.29 is 5.11 Å². The van der Waals surface area contributed by atoms with E-state index in [1.165, 1.54) is 57.5 Å². The van der Waals surface area contributed by atoms with Crippen molar-refractivity contribution in [3.8, 4) is 0 Å². The number of benzene rings is 3. The minimum atomic E-state index is 0.297. The smallest absolute Gasteiger partial charge is 0.0431 e. The van der Waals surface area contributed by atoms with Crippen LogP contribution in [0.1, 0.15) is 41.5 Å². The van der Waals surface area contributed by atoms with Crippen LogP contribution in [0.25, 0.3) is 21.5 Å². The lowest BCUT2D eigenvalue weighted by atomic mass is 9.81. The molecule has 118 valence electrons. The van der Waals surface area contributed by atoms with E-state index in [4.69, 9.17) is 5.11 Å². The van der Waals surface area contributed by atoms with Crippen molar-refractivity contribution in [2.24, 2.45) is 0 Å². The Bertz CT molecular complexity index is 876. The normalized spacial score (nSPS) is 13.8. The molecule has 0 heterocycles. The number of fused-ring (bicyclic) bond motifs is 2. The first-order valence-corrected chi connectivity index (χ1v) is 8.86. The van der Waals surface area contributed by atoms with Crippen molar-refractivity contribution in [1.29, 1.82) is 0 Å². The standard InChI is InChI=1S/C22H24O/c1-15-11-12-18-20-10-5-7-16-6-4-9-19(22(16)20)17(21(18)14-15)8-2-3-13-23/h5,7,10-12,14,23H,2-4,6,8-9,13H2,1H3. The highest BCUT2D eigenvalue weighted by molar-refractivity contribution is 6.12. The maximum Gasteiger partial charge on any atom is 0.0431 e. The molecule has 3 aromatic carbocycles. The molecule has 1 nitrogen and oxygen atoms in total. The van der Waals surface area contributed by atoms with E-state index in [1.54, 1.807) is 5.56 Å². The Kier molecular flexibility index (Phi) is 3.82. The molecule has 3 aromatic rings. The zero-order chi connectivity index (χ0) is 15.8. The highest BCUT2D eigenvalue weighted by Crippen LogP contribution is 2.39. The highest BCUT2D eigenvalue weighted by atomic mass is 16.2. The molecule has 0 amide bonds. The first-order valence-electron chi connectivity index (χ1n) is 8.86. The van der Waals surface area contributed by atoms with Crippen molar-refractivity contribution in [2.75, 3.05) is 6.61 Å². The summed E-state index contributed by atoms with van der Waals surface area (Å²) in [6.45, 7) is 2.48. The van der Waals surface area contributed by atoms with Gasteiger partial charge in [-0.3, -0.25) is 0 Å². The van der Waals surface area contributed by atoms with Gasteiger partial charge in [-0.1, -0.05) is 42.0 Å². The van der Waals surface area contributed by atoms with Gasteiger partial charge in [0.05, 0.1) is 0 Å². The van der Waals surface area contributed by atoms with E-state index in [-0.39, 0.29) is 0 Å². The van der Waals surface area contributed by atoms with Gasteiger partial charge in [-0.05, 0) is 83.7 Å². The average Bonchev–Trinajstić information content (AvgIpc) is 2.58. The minimum Gasteiger partial charge on any atom is -0.396 e. The quantitative estimate of drug-likeness (QED) is 0.525. The average molecular weight is 304 g/mol. The number of unbranched alkanes of at least 4 members (excludes halogenated alkanes) is 1. The molecule has 0 atom stereocenters. The van der Waals surface area contributed by atoms with Gasteiger partial charge in [-0.2, -0.15) is 0 Å². The Hall–Kier alpha value is -1.86. The van der Waals surface area contributed by atoms with Crippen LogP contribution in [0, 0.1) is 6.92 Å². The molecule has 0 saturated carbocycles. The van der Waals surface area contributed by atoms with E-state index in [1.807, 2.05) is 0 Å². The van der Waals surface area contributed by atoms with Crippen LogP contribution in [0.5, 0.6) is 0 Å². The molecule has 0 aromatic heterocycles. The SMILES string of the molecule is Cc1ccc2c(c1)c(CCCCO)c1c3c(cccc32)CCC1. The van der Waals surface area contributed by atoms with Gasteiger partial charge < -0.3 is 5.11 Å². The van der Waals surface area contributed by atoms with Crippen LogP contribution in [0.15, 0.2) is 36.4 Å². The van der Waals surface area contributed by atoms with Crippen molar-refractivity contribution in [3.05, 3.63) is 58.7 Å². The van der Waals surface area contributed by atoms with Crippen molar-refractivity contribution in [1.82, 2.24) is 0 Å². The van der Waals surface area contributed by atoms with Crippen LogP contribution in [-0.2, 0) is 19.3 Å². The molecule has 1 heteroatoms. The summed E-state index contributed by atoms with van der Waals surface area (Å²) in [5.41, 5.74) is 5.98. The predicted molar refractivity (Wildman–Crippen MR) is 98.2 cm³/mol. The Balaban J connectivity index is 2.06. The van der Waals surface area contributed by atoms with Gasteiger partial charge >= 0.3 is 0 Å². The lowest BCUT2D eigenvalue weighted by Gasteiger charge is -2.23. The monoisotopic (exact) mass is 304 g/mol. The van der Waals surface area contributed by atoms with E-state index in [0.29, 0.717) is 6.61 Å². The van der Waals surface area contributed by atoms with Gasteiger partial charge in [0, 0.05) is 6.61 Å². The van der Waals surface area contributed by atoms with Crippen molar-refractivity contribution in [3.63, 3.8) is 0 Å². The van der Waals surface area contributed by atoms with Crippen molar-refractivity contribution >= 4 is 21.5 Å². The Labute approximate surface area is 138 Å². The molecule has 23 heavy (non-hydrogen) atoms. The summed E-state index contributed by atoms with van der Waals surface area (Å²) in [5, 5.41) is 14.9. The maximum atomic E-state index is 9.16. The van der Waals surface area contributed by atoms with Crippen LogP contribution in [-0.4, -0.2) is 11.7 Å². The summed E-state index contributed by atoms with van der Waals surface area (Å²) in [4.78, 5) is 0. The van der Waals surface area contributed by atoms with Gasteiger partial charge in [0.1, 0.15) is 0 Å². The summed E-state index contributed by atoms with van der Waals surface area (Å²) in [7, 11) is 0. The van der Waals surface area contributed by atoms with E-state index in [0.717, 1.165) is 19.3 Å². The molecule has 0 unspecified atom stereocenters. The fourth-order valence-corrected chi connectivity index (χ4v) is 4.28. The molecule has 0 saturated heterocycles. The molecule has 1 aliphatic rings. The zero-order valence-electron chi connectivity index (χ0n) is 13.9. The van der Waals surface area contributed by atoms with Gasteiger partial charge in [0.25, 0.3) is 0 Å².